The van der Waals surface area contributed by atoms with Gasteiger partial charge in [0, 0.05) is 52.4 Å². The molecule has 1 aliphatic rings. The Kier molecular flexibility index (Phi) is 9.08. The first kappa shape index (κ1) is 29.1. The second-order valence-corrected chi connectivity index (χ2v) is 10.8. The number of fused-ring (bicyclic) bond motifs is 1. The van der Waals surface area contributed by atoms with Gasteiger partial charge >= 0.3 is 6.61 Å². The van der Waals surface area contributed by atoms with Crippen LogP contribution in [0, 0.1) is 0 Å². The van der Waals surface area contributed by atoms with Crippen LogP contribution in [0.2, 0.25) is 0 Å². The molecule has 4 aromatic rings. The number of hydrogen-bond donors (Lipinski definition) is 3. The minimum Gasteiger partial charge on any atom is -0.447 e. The van der Waals surface area contributed by atoms with Gasteiger partial charge in [0.2, 0.25) is 11.8 Å². The van der Waals surface area contributed by atoms with Gasteiger partial charge in [0.05, 0.1) is 12.6 Å². The number of aryl methyl sites for hydroxylation is 1. The fraction of sp³-hybridized carbons (Fsp3) is 0.310. The van der Waals surface area contributed by atoms with E-state index in [0.29, 0.717) is 11.3 Å². The molecule has 0 saturated carbocycles. The molecule has 4 heterocycles. The van der Waals surface area contributed by atoms with Crippen LogP contribution in [-0.4, -0.2) is 64.4 Å². The van der Waals surface area contributed by atoms with Crippen molar-refractivity contribution >= 4 is 39.9 Å². The summed E-state index contributed by atoms with van der Waals surface area (Å²) in [6, 6.07) is 13.6. The molecular weight excluding hydrogens is 566 g/mol. The summed E-state index contributed by atoms with van der Waals surface area (Å²) in [6.07, 6.45) is 3.20. The SMILES string of the molecule is CCc1ccc(Oc2cccc(C(N)=NCC(=O)N3C[C@H](OC(F)F)C[C@H]3C(=O)NCc3cc4cnccc4[nH]3)c2)s1. The molecule has 0 aliphatic carbocycles. The van der Waals surface area contributed by atoms with E-state index in [1.54, 1.807) is 48.0 Å². The molecule has 0 spiro atoms. The number of ether oxygens (including phenoxy) is 2. The number of rotatable bonds is 11. The number of thiophene rings is 1. The fourth-order valence-electron chi connectivity index (χ4n) is 4.77. The molecule has 10 nitrogen and oxygen atoms in total. The lowest BCUT2D eigenvalue weighted by Gasteiger charge is -2.23. The van der Waals surface area contributed by atoms with Crippen molar-refractivity contribution in [3.05, 3.63) is 77.1 Å². The Balaban J connectivity index is 1.23. The van der Waals surface area contributed by atoms with Crippen LogP contribution in [0.1, 0.15) is 29.5 Å². The van der Waals surface area contributed by atoms with Crippen molar-refractivity contribution in [1.29, 1.82) is 0 Å². The molecule has 220 valence electrons. The Morgan fingerprint density at radius 2 is 2.12 bits per heavy atom. The molecule has 0 unspecified atom stereocenters. The Morgan fingerprint density at radius 1 is 1.26 bits per heavy atom. The summed E-state index contributed by atoms with van der Waals surface area (Å²) in [5.41, 5.74) is 8.32. The van der Waals surface area contributed by atoms with E-state index in [0.717, 1.165) is 28.1 Å². The number of benzene rings is 1. The number of nitrogens with two attached hydrogens (primary N) is 1. The highest BCUT2D eigenvalue weighted by molar-refractivity contribution is 7.13. The largest absolute Gasteiger partial charge is 0.447 e. The topological polar surface area (TPSA) is 135 Å². The second kappa shape index (κ2) is 13.1. The zero-order valence-corrected chi connectivity index (χ0v) is 23.6. The number of likely N-dealkylation sites (tertiary alicyclic amines) is 1. The van der Waals surface area contributed by atoms with Crippen molar-refractivity contribution in [1.82, 2.24) is 20.2 Å². The third-order valence-corrected chi connectivity index (χ3v) is 7.94. The van der Waals surface area contributed by atoms with Crippen molar-refractivity contribution in [2.75, 3.05) is 13.1 Å². The molecule has 1 fully saturated rings. The molecule has 5 rings (SSSR count). The third kappa shape index (κ3) is 7.09. The van der Waals surface area contributed by atoms with E-state index in [2.05, 4.69) is 31.9 Å². The fourth-order valence-corrected chi connectivity index (χ4v) is 5.58. The Morgan fingerprint density at radius 3 is 2.88 bits per heavy atom. The number of nitrogens with zero attached hydrogens (tertiary/aromatic N) is 3. The number of amidine groups is 1. The van der Waals surface area contributed by atoms with Crippen LogP contribution >= 0.6 is 11.3 Å². The number of hydrogen-bond acceptors (Lipinski definition) is 7. The number of nitrogens with one attached hydrogen (secondary N) is 2. The van der Waals surface area contributed by atoms with Gasteiger partial charge < -0.3 is 30.4 Å². The summed E-state index contributed by atoms with van der Waals surface area (Å²) in [7, 11) is 0. The zero-order chi connectivity index (χ0) is 29.6. The lowest BCUT2D eigenvalue weighted by molar-refractivity contribution is -0.160. The van der Waals surface area contributed by atoms with E-state index in [9.17, 15) is 18.4 Å². The normalized spacial score (nSPS) is 17.2. The number of carbonyl (C=O) groups excluding carboxylic acids is 2. The van der Waals surface area contributed by atoms with Crippen LogP contribution in [0.5, 0.6) is 10.8 Å². The van der Waals surface area contributed by atoms with Gasteiger partial charge in [-0.3, -0.25) is 19.6 Å². The highest BCUT2D eigenvalue weighted by Crippen LogP contribution is 2.30. The van der Waals surface area contributed by atoms with Crippen LogP contribution in [-0.2, 0) is 27.3 Å². The highest BCUT2D eigenvalue weighted by Gasteiger charge is 2.41. The van der Waals surface area contributed by atoms with Crippen molar-refractivity contribution < 1.29 is 27.8 Å². The number of halogens is 2. The second-order valence-electron chi connectivity index (χ2n) is 9.70. The van der Waals surface area contributed by atoms with Gasteiger partial charge in [-0.1, -0.05) is 19.1 Å². The Bertz CT molecular complexity index is 1560. The molecule has 1 aromatic carbocycles. The quantitative estimate of drug-likeness (QED) is 0.175. The summed E-state index contributed by atoms with van der Waals surface area (Å²) in [5, 5.41) is 4.41. The molecule has 0 radical (unpaired) electrons. The molecule has 13 heteroatoms. The number of alkyl halides is 2. The lowest BCUT2D eigenvalue weighted by atomic mass is 10.2. The summed E-state index contributed by atoms with van der Waals surface area (Å²) in [5.74, 6) is -0.352. The third-order valence-electron chi connectivity index (χ3n) is 6.83. The number of carbonyl (C=O) groups is 2. The summed E-state index contributed by atoms with van der Waals surface area (Å²) >= 11 is 1.55. The average Bonchev–Trinajstić information content (AvgIpc) is 3.72. The summed E-state index contributed by atoms with van der Waals surface area (Å²) in [6.45, 7) is -1.35. The van der Waals surface area contributed by atoms with Gasteiger partial charge in [-0.25, -0.2) is 0 Å². The molecule has 2 amide bonds. The number of aliphatic imine (C=N–C) groups is 1. The first-order valence-electron chi connectivity index (χ1n) is 13.4. The maximum absolute atomic E-state index is 13.2. The highest BCUT2D eigenvalue weighted by atomic mass is 32.1. The number of amides is 2. The molecule has 1 aliphatic heterocycles. The average molecular weight is 597 g/mol. The number of H-pyrrole nitrogens is 1. The van der Waals surface area contributed by atoms with Crippen molar-refractivity contribution in [2.45, 2.75) is 45.1 Å². The first-order valence-corrected chi connectivity index (χ1v) is 14.2. The predicted molar refractivity (Wildman–Crippen MR) is 155 cm³/mol. The van der Waals surface area contributed by atoms with Gasteiger partial charge in [0.15, 0.2) is 5.06 Å². The Labute approximate surface area is 244 Å². The minimum atomic E-state index is -3.03. The van der Waals surface area contributed by atoms with Crippen LogP contribution in [0.3, 0.4) is 0 Å². The van der Waals surface area contributed by atoms with Gasteiger partial charge in [0.1, 0.15) is 24.2 Å². The van der Waals surface area contributed by atoms with Crippen molar-refractivity contribution in [3.8, 4) is 10.8 Å². The molecule has 0 bridgehead atoms. The zero-order valence-electron chi connectivity index (χ0n) is 22.8. The predicted octanol–water partition coefficient (Wildman–Crippen LogP) is 4.21. The molecule has 1 saturated heterocycles. The number of aromatic amines is 1. The minimum absolute atomic E-state index is 0.0699. The van der Waals surface area contributed by atoms with E-state index < -0.39 is 30.6 Å². The first-order chi connectivity index (χ1) is 20.3. The van der Waals surface area contributed by atoms with Crippen molar-refractivity contribution in [3.63, 3.8) is 0 Å². The molecule has 4 N–H and O–H groups in total. The van der Waals surface area contributed by atoms with E-state index in [1.165, 1.54) is 9.78 Å². The van der Waals surface area contributed by atoms with Gasteiger partial charge in [-0.2, -0.15) is 8.78 Å². The van der Waals surface area contributed by atoms with Crippen LogP contribution in [0.25, 0.3) is 10.9 Å². The molecule has 3 aromatic heterocycles. The molecular formula is C29H30F2N6O4S. The monoisotopic (exact) mass is 596 g/mol. The number of aromatic nitrogens is 2. The lowest BCUT2D eigenvalue weighted by Crippen LogP contribution is -2.46. The van der Waals surface area contributed by atoms with Crippen molar-refractivity contribution in [2.24, 2.45) is 10.7 Å². The number of pyridine rings is 1. The van der Waals surface area contributed by atoms with E-state index in [-0.39, 0.29) is 31.9 Å². The Hall–Kier alpha value is -4.36. The van der Waals surface area contributed by atoms with E-state index in [4.69, 9.17) is 10.5 Å². The van der Waals surface area contributed by atoms with Crippen LogP contribution in [0.15, 0.2) is 65.9 Å². The summed E-state index contributed by atoms with van der Waals surface area (Å²) in [4.78, 5) is 40.1. The standard InChI is InChI=1S/C29H30F2N6O4S/c1-2-22-6-7-26(42-22)40-20-5-3-4-17(11-20)27(32)34-15-25(38)37-16-21(41-29(30)31)12-24(37)28(39)35-14-19-10-18-13-33-9-8-23(18)36-19/h3-11,13,21,24,29,36H,2,12,14-16H2,1H3,(H2,32,34)(H,35,39)/t21-,24+/m1/s1. The van der Waals surface area contributed by atoms with E-state index in [1.807, 2.05) is 24.3 Å². The smallest absolute Gasteiger partial charge is 0.345 e. The van der Waals surface area contributed by atoms with Gasteiger partial charge in [0.25, 0.3) is 0 Å². The molecule has 2 atom stereocenters. The van der Waals surface area contributed by atoms with Crippen LogP contribution in [0.4, 0.5) is 8.78 Å². The van der Waals surface area contributed by atoms with Gasteiger partial charge in [-0.15, -0.1) is 11.3 Å². The molecule has 42 heavy (non-hydrogen) atoms. The van der Waals surface area contributed by atoms with Crippen LogP contribution < -0.4 is 15.8 Å². The van der Waals surface area contributed by atoms with E-state index >= 15 is 0 Å². The summed E-state index contributed by atoms with van der Waals surface area (Å²) < 4.78 is 36.5. The maximum Gasteiger partial charge on any atom is 0.345 e. The van der Waals surface area contributed by atoms with Gasteiger partial charge in [-0.05, 0) is 42.8 Å². The maximum atomic E-state index is 13.2.